The Hall–Kier alpha value is -0.863. The third-order valence-electron chi connectivity index (χ3n) is 6.21. The molecule has 0 saturated carbocycles. The third-order valence-corrected chi connectivity index (χ3v) is 12.4. The van der Waals surface area contributed by atoms with Crippen LogP contribution in [0.3, 0.4) is 0 Å². The van der Waals surface area contributed by atoms with E-state index in [1.165, 1.54) is 29.6 Å². The van der Waals surface area contributed by atoms with Gasteiger partial charge >= 0.3 is 29.6 Å². The zero-order chi connectivity index (χ0) is 16.6. The minimum Gasteiger partial charge on any atom is -0.0791 e. The van der Waals surface area contributed by atoms with Crippen LogP contribution in [0, 0.1) is 0 Å². The van der Waals surface area contributed by atoms with Crippen molar-refractivity contribution in [1.29, 1.82) is 0 Å². The first-order valence-electron chi connectivity index (χ1n) is 9.34. The van der Waals surface area contributed by atoms with Crippen LogP contribution in [0.2, 0.25) is 12.1 Å². The van der Waals surface area contributed by atoms with E-state index < -0.39 is 8.07 Å². The summed E-state index contributed by atoms with van der Waals surface area (Å²) in [5, 5.41) is 0. The quantitative estimate of drug-likeness (QED) is 0.721. The van der Waals surface area contributed by atoms with Gasteiger partial charge in [-0.1, -0.05) is 105 Å². The van der Waals surface area contributed by atoms with Crippen molar-refractivity contribution in [3.63, 3.8) is 0 Å². The second-order valence-electron chi connectivity index (χ2n) is 7.27. The van der Waals surface area contributed by atoms with E-state index in [0.29, 0.717) is 11.1 Å². The Morgan fingerprint density at radius 2 is 1.24 bits per heavy atom. The molecule has 0 aromatic heterocycles. The molecule has 2 heteroatoms. The number of allylic oxidation sites excluding steroid dienone is 2. The predicted octanol–water partition coefficient (Wildman–Crippen LogP) is 3.57. The van der Waals surface area contributed by atoms with Crippen LogP contribution in [0.25, 0.3) is 12.2 Å². The first kappa shape index (κ1) is 18.9. The molecule has 0 fully saturated rings. The van der Waals surface area contributed by atoms with Crippen molar-refractivity contribution in [2.45, 2.75) is 43.4 Å². The first-order valence-corrected chi connectivity index (χ1v) is 11.9. The van der Waals surface area contributed by atoms with Gasteiger partial charge in [0, 0.05) is 0 Å². The van der Waals surface area contributed by atoms with Gasteiger partial charge in [0.25, 0.3) is 0 Å². The molecule has 2 unspecified atom stereocenters. The molecule has 0 radical (unpaired) electrons. The summed E-state index contributed by atoms with van der Waals surface area (Å²) in [6, 6.07) is 20.8. The zero-order valence-electron chi connectivity index (χ0n) is 15.7. The Kier molecular flexibility index (Phi) is 5.90. The van der Waals surface area contributed by atoms with E-state index in [0.717, 1.165) is 0 Å². The van der Waals surface area contributed by atoms with Crippen LogP contribution in [0.5, 0.6) is 0 Å². The molecule has 2 aliphatic rings. The number of benzene rings is 2. The summed E-state index contributed by atoms with van der Waals surface area (Å²) in [5.74, 6) is 0. The standard InChI is InChI=1S/C23H26Si.Na/c1-3-17-24(4-2,22-15-13-18-9-5-7-11-20(18)22)23-16-14-19-10-6-8-12-21(19)23;/h5-16,22-23H,3-4,17H2,1-2H3;/q;+1. The second-order valence-corrected chi connectivity index (χ2v) is 12.2. The Morgan fingerprint density at radius 1 is 0.760 bits per heavy atom. The second kappa shape index (κ2) is 7.80. The fourth-order valence-corrected chi connectivity index (χ4v) is 11.0. The molecule has 0 saturated heterocycles. The van der Waals surface area contributed by atoms with Crippen LogP contribution in [-0.4, -0.2) is 8.07 Å². The minimum atomic E-state index is -1.58. The van der Waals surface area contributed by atoms with Crippen molar-refractivity contribution in [2.75, 3.05) is 0 Å². The molecular weight excluding hydrogens is 327 g/mol. The maximum Gasteiger partial charge on any atom is 1.00 e. The number of hydrogen-bond donors (Lipinski definition) is 0. The SMILES string of the molecule is CCC[Si](CC)(C1C=Cc2ccccc21)C1C=Cc2ccccc21.[Na+]. The Morgan fingerprint density at radius 3 is 1.68 bits per heavy atom. The molecule has 4 rings (SSSR count). The van der Waals surface area contributed by atoms with E-state index >= 15 is 0 Å². The summed E-state index contributed by atoms with van der Waals surface area (Å²) in [6.07, 6.45) is 11.1. The van der Waals surface area contributed by atoms with Crippen molar-refractivity contribution in [3.05, 3.63) is 82.9 Å². The molecule has 0 heterocycles. The van der Waals surface area contributed by atoms with E-state index in [1.54, 1.807) is 11.1 Å². The molecule has 0 nitrogen and oxygen atoms in total. The van der Waals surface area contributed by atoms with Gasteiger partial charge in [0.1, 0.15) is 0 Å². The minimum absolute atomic E-state index is 0. The summed E-state index contributed by atoms with van der Waals surface area (Å²) in [5.41, 5.74) is 7.35. The molecule has 0 N–H and O–H groups in total. The molecule has 0 spiro atoms. The van der Waals surface area contributed by atoms with Crippen molar-refractivity contribution in [1.82, 2.24) is 0 Å². The monoisotopic (exact) mass is 353 g/mol. The molecule has 0 aliphatic heterocycles. The van der Waals surface area contributed by atoms with Crippen molar-refractivity contribution >= 4 is 20.2 Å². The van der Waals surface area contributed by atoms with Crippen LogP contribution < -0.4 is 29.6 Å². The molecule has 122 valence electrons. The van der Waals surface area contributed by atoms with E-state index in [1.807, 2.05) is 0 Å². The zero-order valence-corrected chi connectivity index (χ0v) is 18.7. The average Bonchev–Trinajstić information content (AvgIpc) is 3.25. The molecule has 2 aromatic rings. The van der Waals surface area contributed by atoms with Crippen LogP contribution in [0.15, 0.2) is 60.7 Å². The number of rotatable bonds is 5. The smallest absolute Gasteiger partial charge is 0.0791 e. The van der Waals surface area contributed by atoms with Gasteiger partial charge in [0.2, 0.25) is 0 Å². The Labute approximate surface area is 175 Å². The van der Waals surface area contributed by atoms with Gasteiger partial charge in [-0.05, 0) is 33.3 Å². The van der Waals surface area contributed by atoms with Crippen molar-refractivity contribution in [2.24, 2.45) is 0 Å². The molecule has 2 atom stereocenters. The van der Waals surface area contributed by atoms with Gasteiger partial charge < -0.3 is 0 Å². The fourth-order valence-electron chi connectivity index (χ4n) is 5.09. The largest absolute Gasteiger partial charge is 1.00 e. The molecule has 0 amide bonds. The van der Waals surface area contributed by atoms with Gasteiger partial charge in [-0.2, -0.15) is 0 Å². The van der Waals surface area contributed by atoms with Gasteiger partial charge in [0.05, 0.1) is 8.07 Å². The normalized spacial score (nSPS) is 22.2. The van der Waals surface area contributed by atoms with Crippen LogP contribution in [-0.2, 0) is 0 Å². The van der Waals surface area contributed by atoms with E-state index in [4.69, 9.17) is 0 Å². The van der Waals surface area contributed by atoms with Gasteiger partial charge in [-0.15, -0.1) is 0 Å². The Balaban J connectivity index is 0.00000182. The maximum absolute atomic E-state index is 2.53. The molecule has 2 aromatic carbocycles. The molecule has 2 aliphatic carbocycles. The van der Waals surface area contributed by atoms with Gasteiger partial charge in [-0.3, -0.25) is 0 Å². The summed E-state index contributed by atoms with van der Waals surface area (Å²) in [4.78, 5) is 0. The number of fused-ring (bicyclic) bond motifs is 2. The average molecular weight is 354 g/mol. The molecule has 25 heavy (non-hydrogen) atoms. The third kappa shape index (κ3) is 3.06. The van der Waals surface area contributed by atoms with Gasteiger partial charge in [-0.25, -0.2) is 0 Å². The molecule has 0 bridgehead atoms. The fraction of sp³-hybridized carbons (Fsp3) is 0.304. The van der Waals surface area contributed by atoms with Crippen molar-refractivity contribution < 1.29 is 29.6 Å². The summed E-state index contributed by atoms with van der Waals surface area (Å²) < 4.78 is 0. The summed E-state index contributed by atoms with van der Waals surface area (Å²) in [7, 11) is -1.58. The van der Waals surface area contributed by atoms with Crippen molar-refractivity contribution in [3.8, 4) is 0 Å². The van der Waals surface area contributed by atoms with Gasteiger partial charge in [0.15, 0.2) is 0 Å². The number of hydrogen-bond acceptors (Lipinski definition) is 0. The van der Waals surface area contributed by atoms with Crippen LogP contribution >= 0.6 is 0 Å². The molecular formula is C23H26NaSi+. The van der Waals surface area contributed by atoms with E-state index in [-0.39, 0.29) is 29.6 Å². The summed E-state index contributed by atoms with van der Waals surface area (Å²) in [6.45, 7) is 4.82. The van der Waals surface area contributed by atoms with E-state index in [2.05, 4.69) is 86.7 Å². The topological polar surface area (TPSA) is 0 Å². The van der Waals surface area contributed by atoms with Crippen LogP contribution in [0.4, 0.5) is 0 Å². The Bertz CT molecular complexity index is 744. The predicted molar refractivity (Wildman–Crippen MR) is 108 cm³/mol. The summed E-state index contributed by atoms with van der Waals surface area (Å²) >= 11 is 0. The maximum atomic E-state index is 2.53. The first-order chi connectivity index (χ1) is 11.8. The van der Waals surface area contributed by atoms with Crippen LogP contribution in [0.1, 0.15) is 53.6 Å². The van der Waals surface area contributed by atoms with E-state index in [9.17, 15) is 0 Å².